The molecule has 0 saturated carbocycles. The number of rotatable bonds is 6. The van der Waals surface area contributed by atoms with Crippen molar-refractivity contribution >= 4 is 11.5 Å². The van der Waals surface area contributed by atoms with Crippen LogP contribution in [0.15, 0.2) is 48.7 Å². The van der Waals surface area contributed by atoms with E-state index in [4.69, 9.17) is 14.2 Å². The third-order valence-electron chi connectivity index (χ3n) is 3.32. The fraction of sp³-hybridized carbons (Fsp3) is 0.167. The average Bonchev–Trinajstić information content (AvgIpc) is 2.55. The predicted molar refractivity (Wildman–Crippen MR) is 86.9 cm³/mol. The molecular weight excluding hydrogens is 296 g/mol. The molecule has 5 nitrogen and oxygen atoms in total. The Hall–Kier alpha value is -2.95. The van der Waals surface area contributed by atoms with Gasteiger partial charge in [-0.15, -0.1) is 0 Å². The lowest BCUT2D eigenvalue weighted by Crippen LogP contribution is -2.02. The molecule has 0 aliphatic rings. The van der Waals surface area contributed by atoms with Crippen molar-refractivity contribution in [2.45, 2.75) is 6.92 Å². The lowest BCUT2D eigenvalue weighted by Gasteiger charge is -2.14. The number of hydrogen-bond donors (Lipinski definition) is 1. The Morgan fingerprint density at radius 2 is 1.65 bits per heavy atom. The molecule has 0 fully saturated rings. The lowest BCUT2D eigenvalue weighted by molar-refractivity contribution is -0.130. The zero-order valence-electron chi connectivity index (χ0n) is 13.2. The van der Waals surface area contributed by atoms with E-state index >= 15 is 0 Å². The zero-order chi connectivity index (χ0) is 16.8. The molecule has 120 valence electrons. The highest BCUT2D eigenvalue weighted by molar-refractivity contribution is 6.15. The van der Waals surface area contributed by atoms with Crippen molar-refractivity contribution in [3.63, 3.8) is 0 Å². The van der Waals surface area contributed by atoms with Crippen LogP contribution in [0.1, 0.15) is 11.1 Å². The number of benzene rings is 2. The van der Waals surface area contributed by atoms with Gasteiger partial charge in [-0.05, 0) is 25.1 Å². The van der Waals surface area contributed by atoms with Crippen LogP contribution in [-0.4, -0.2) is 25.3 Å². The molecule has 2 rings (SSSR count). The van der Waals surface area contributed by atoms with Crippen LogP contribution in [0.25, 0.3) is 5.57 Å². The van der Waals surface area contributed by atoms with E-state index in [2.05, 4.69) is 0 Å². The van der Waals surface area contributed by atoms with E-state index in [1.54, 1.807) is 37.4 Å². The summed E-state index contributed by atoms with van der Waals surface area (Å²) in [5.41, 5.74) is 1.28. The number of carbonyl (C=O) groups is 1. The van der Waals surface area contributed by atoms with Crippen molar-refractivity contribution < 1.29 is 24.1 Å². The summed E-state index contributed by atoms with van der Waals surface area (Å²) in [6.07, 6.45) is 1.18. The van der Waals surface area contributed by atoms with Crippen LogP contribution in [-0.2, 0) is 9.53 Å². The molecule has 0 aliphatic heterocycles. The number of carboxylic acid groups (broad SMARTS) is 1. The predicted octanol–water partition coefficient (Wildman–Crippen LogP) is 3.87. The molecule has 1 N–H and O–H groups in total. The molecule has 0 aromatic heterocycles. The molecule has 0 saturated heterocycles. The van der Waals surface area contributed by atoms with Crippen LogP contribution < -0.4 is 9.47 Å². The van der Waals surface area contributed by atoms with Gasteiger partial charge in [0.05, 0.1) is 20.5 Å². The number of methoxy groups -OCH3 is 2. The molecular formula is C18H18O5. The molecule has 0 radical (unpaired) electrons. The Labute approximate surface area is 134 Å². The Balaban J connectivity index is 2.46. The van der Waals surface area contributed by atoms with Gasteiger partial charge in [0.15, 0.2) is 0 Å². The Kier molecular flexibility index (Phi) is 5.25. The van der Waals surface area contributed by atoms with E-state index in [1.165, 1.54) is 13.4 Å². The zero-order valence-corrected chi connectivity index (χ0v) is 13.2. The minimum absolute atomic E-state index is 0.0173. The van der Waals surface area contributed by atoms with Crippen LogP contribution in [0.3, 0.4) is 0 Å². The summed E-state index contributed by atoms with van der Waals surface area (Å²) in [7, 11) is 2.99. The number of para-hydroxylation sites is 1. The second kappa shape index (κ2) is 7.35. The van der Waals surface area contributed by atoms with Gasteiger partial charge in [0.1, 0.15) is 22.8 Å². The summed E-state index contributed by atoms with van der Waals surface area (Å²) in [4.78, 5) is 11.4. The van der Waals surface area contributed by atoms with Gasteiger partial charge in [-0.2, -0.15) is 0 Å². The van der Waals surface area contributed by atoms with E-state index in [0.29, 0.717) is 22.8 Å². The third-order valence-corrected chi connectivity index (χ3v) is 3.32. The summed E-state index contributed by atoms with van der Waals surface area (Å²) >= 11 is 0. The maximum absolute atomic E-state index is 11.4. The van der Waals surface area contributed by atoms with Gasteiger partial charge >= 0.3 is 5.97 Å². The molecule has 2 aromatic rings. The first-order valence-electron chi connectivity index (χ1n) is 6.95. The van der Waals surface area contributed by atoms with E-state index in [-0.39, 0.29) is 5.57 Å². The normalized spacial score (nSPS) is 11.0. The first-order chi connectivity index (χ1) is 11.1. The Bertz CT molecular complexity index is 734. The van der Waals surface area contributed by atoms with Crippen LogP contribution in [0, 0.1) is 6.92 Å². The molecule has 0 heterocycles. The smallest absolute Gasteiger partial charge is 0.339 e. The van der Waals surface area contributed by atoms with Gasteiger partial charge in [0, 0.05) is 11.1 Å². The standard InChI is InChI=1S/C18H18O5/c1-12-15(22-3)9-6-10-16(12)23-17-8-5-4-7-13(17)14(11-21-2)18(19)20/h4-11H,1-3H3,(H,19,20)/b14-11+. The van der Waals surface area contributed by atoms with Gasteiger partial charge in [0.25, 0.3) is 0 Å². The number of aliphatic carboxylic acids is 1. The van der Waals surface area contributed by atoms with Gasteiger partial charge in [-0.25, -0.2) is 4.79 Å². The molecule has 0 aliphatic carbocycles. The molecule has 0 amide bonds. The molecule has 23 heavy (non-hydrogen) atoms. The largest absolute Gasteiger partial charge is 0.503 e. The quantitative estimate of drug-likeness (QED) is 0.647. The molecule has 0 spiro atoms. The summed E-state index contributed by atoms with van der Waals surface area (Å²) in [5.74, 6) is 0.629. The highest BCUT2D eigenvalue weighted by Crippen LogP contribution is 2.34. The maximum atomic E-state index is 11.4. The molecule has 2 aromatic carbocycles. The van der Waals surface area contributed by atoms with Gasteiger partial charge < -0.3 is 19.3 Å². The summed E-state index contributed by atoms with van der Waals surface area (Å²) in [6.45, 7) is 1.87. The fourth-order valence-electron chi connectivity index (χ4n) is 2.17. The average molecular weight is 314 g/mol. The SMILES string of the molecule is CO/C=C(/C(=O)O)c1ccccc1Oc1cccc(OC)c1C. The Morgan fingerprint density at radius 3 is 2.30 bits per heavy atom. The molecule has 0 unspecified atom stereocenters. The molecule has 0 atom stereocenters. The van der Waals surface area contributed by atoms with E-state index in [9.17, 15) is 9.90 Å². The number of carboxylic acids is 1. The molecule has 0 bridgehead atoms. The van der Waals surface area contributed by atoms with Crippen LogP contribution in [0.4, 0.5) is 0 Å². The van der Waals surface area contributed by atoms with Crippen molar-refractivity contribution in [2.24, 2.45) is 0 Å². The van der Waals surface area contributed by atoms with Gasteiger partial charge in [-0.1, -0.05) is 24.3 Å². The third kappa shape index (κ3) is 3.63. The molecule has 5 heteroatoms. The van der Waals surface area contributed by atoms with E-state index in [0.717, 1.165) is 5.56 Å². The second-order valence-corrected chi connectivity index (χ2v) is 4.75. The van der Waals surface area contributed by atoms with Gasteiger partial charge in [-0.3, -0.25) is 0 Å². The van der Waals surface area contributed by atoms with Crippen molar-refractivity contribution in [1.82, 2.24) is 0 Å². The van der Waals surface area contributed by atoms with Crippen LogP contribution >= 0.6 is 0 Å². The first kappa shape index (κ1) is 16.4. The Morgan fingerprint density at radius 1 is 1.00 bits per heavy atom. The van der Waals surface area contributed by atoms with E-state index < -0.39 is 5.97 Å². The highest BCUT2D eigenvalue weighted by atomic mass is 16.5. The topological polar surface area (TPSA) is 65.0 Å². The summed E-state index contributed by atoms with van der Waals surface area (Å²) in [6, 6.07) is 12.3. The van der Waals surface area contributed by atoms with Crippen molar-refractivity contribution in [2.75, 3.05) is 14.2 Å². The minimum Gasteiger partial charge on any atom is -0.503 e. The second-order valence-electron chi connectivity index (χ2n) is 4.75. The van der Waals surface area contributed by atoms with Crippen LogP contribution in [0.5, 0.6) is 17.2 Å². The monoisotopic (exact) mass is 314 g/mol. The van der Waals surface area contributed by atoms with E-state index in [1.807, 2.05) is 19.1 Å². The first-order valence-corrected chi connectivity index (χ1v) is 6.95. The minimum atomic E-state index is -1.09. The van der Waals surface area contributed by atoms with Crippen LogP contribution in [0.2, 0.25) is 0 Å². The van der Waals surface area contributed by atoms with Crippen molar-refractivity contribution in [1.29, 1.82) is 0 Å². The number of hydrogen-bond acceptors (Lipinski definition) is 4. The van der Waals surface area contributed by atoms with Crippen molar-refractivity contribution in [3.8, 4) is 17.2 Å². The maximum Gasteiger partial charge on any atom is 0.339 e. The lowest BCUT2D eigenvalue weighted by atomic mass is 10.1. The van der Waals surface area contributed by atoms with Gasteiger partial charge in [0.2, 0.25) is 0 Å². The van der Waals surface area contributed by atoms with Crippen molar-refractivity contribution in [3.05, 3.63) is 59.9 Å². The fourth-order valence-corrected chi connectivity index (χ4v) is 2.17. The summed E-state index contributed by atoms with van der Waals surface area (Å²) < 4.78 is 16.1. The number of ether oxygens (including phenoxy) is 3. The highest BCUT2D eigenvalue weighted by Gasteiger charge is 2.17. The summed E-state index contributed by atoms with van der Waals surface area (Å²) in [5, 5.41) is 9.36.